The number of amides is 4. The maximum Gasteiger partial charge on any atom is 0.318 e. The first kappa shape index (κ1) is 48.8. The number of hydrogen-bond donors (Lipinski definition) is 5. The zero-order valence-electron chi connectivity index (χ0n) is 38.9. The zero-order valence-corrected chi connectivity index (χ0v) is 42.6. The van der Waals surface area contributed by atoms with Crippen LogP contribution in [0.4, 0.5) is 21.5 Å². The molecular weight excluding hydrogens is 1010 g/mol. The van der Waals surface area contributed by atoms with E-state index in [0.29, 0.717) is 99.9 Å². The number of halogens is 5. The van der Waals surface area contributed by atoms with Gasteiger partial charge in [-0.1, -0.05) is 46.4 Å². The minimum Gasteiger partial charge on any atom is -0.507 e. The van der Waals surface area contributed by atoms with Crippen LogP contribution in [0.1, 0.15) is 72.2 Å². The maximum atomic E-state index is 13.0. The predicted molar refractivity (Wildman–Crippen MR) is 271 cm³/mol. The lowest BCUT2D eigenvalue weighted by Crippen LogP contribution is -2.69. The highest BCUT2D eigenvalue weighted by atomic mass is 35.5. The average Bonchev–Trinajstić information content (AvgIpc) is 4.07. The normalized spacial score (nSPS) is 21.5. The van der Waals surface area contributed by atoms with Gasteiger partial charge in [0.05, 0.1) is 95.6 Å². The molecule has 4 amide bonds. The van der Waals surface area contributed by atoms with E-state index in [4.69, 9.17) is 74.2 Å². The average molecular weight is 1070 g/mol. The van der Waals surface area contributed by atoms with Gasteiger partial charge < -0.3 is 41.7 Å². The van der Waals surface area contributed by atoms with Crippen LogP contribution in [-0.2, 0) is 39.3 Å². The Morgan fingerprint density at radius 1 is 0.690 bits per heavy atom. The first-order chi connectivity index (χ1) is 33.9. The number of urea groups is 2. The number of anilines is 2. The number of nitrogens with zero attached hydrogens (tertiary/aromatic N) is 10. The Morgan fingerprint density at radius 3 is 1.59 bits per heavy atom. The van der Waals surface area contributed by atoms with Crippen LogP contribution in [0.2, 0.25) is 20.1 Å². The molecule has 6 heterocycles. The second-order valence-corrected chi connectivity index (χ2v) is 21.5. The lowest BCUT2D eigenvalue weighted by atomic mass is 9.50. The lowest BCUT2D eigenvalue weighted by Gasteiger charge is -2.61. The van der Waals surface area contributed by atoms with E-state index in [2.05, 4.69) is 40.8 Å². The van der Waals surface area contributed by atoms with Gasteiger partial charge >= 0.3 is 12.1 Å². The first-order valence-corrected chi connectivity index (χ1v) is 25.3. The number of phenolic OH excluding ortho intramolecular Hbond substituents is 1. The number of aromatic nitrogens is 8. The van der Waals surface area contributed by atoms with E-state index in [1.165, 1.54) is 17.7 Å². The molecule has 2 aromatic carbocycles. The van der Waals surface area contributed by atoms with E-state index in [-0.39, 0.29) is 45.8 Å². The fraction of sp³-hybridized carbons (Fsp3) is 0.417. The number of phenols is 1. The second kappa shape index (κ2) is 19.3. The number of carbonyl (C=O) groups is 2. The predicted octanol–water partition coefficient (Wildman–Crippen LogP) is 8.94. The van der Waals surface area contributed by atoms with E-state index >= 15 is 0 Å². The third-order valence-corrected chi connectivity index (χ3v) is 15.1. The lowest BCUT2D eigenvalue weighted by molar-refractivity contribution is -0.0436. The Labute approximate surface area is 434 Å². The van der Waals surface area contributed by atoms with Crippen molar-refractivity contribution in [2.45, 2.75) is 103 Å². The highest BCUT2D eigenvalue weighted by molar-refractivity contribution is 6.37. The molecule has 18 nitrogen and oxygen atoms in total. The summed E-state index contributed by atoms with van der Waals surface area (Å²) >= 11 is 30.7. The SMILES string of the molecule is Cc1cnn(CCCl)c1.Cc1cnn(CCOc2cc(Cl)cc(Cl)c2-c2nc(N)nc3c2CN(C(=O)NC24CC(C2)C4)C3)c1.Nc1nc2c(c(-c3c(O)cc(Cl)cc3Cl)n1)CN(C(=O)NC13CC(C1)C3)C2. The van der Waals surface area contributed by atoms with E-state index in [9.17, 15) is 14.7 Å². The van der Waals surface area contributed by atoms with Crippen LogP contribution in [0.5, 0.6) is 11.5 Å². The summed E-state index contributed by atoms with van der Waals surface area (Å²) in [6, 6.07) is 6.10. The standard InChI is InChI=1S/C24H25Cl2N7O2.C18H17Cl2N5O2.C6H9ClN2/c1-13-9-28-33(10-13)2-3-35-19-5-15(25)4-17(26)20(19)21-16-11-32(12-18(16)29-22(27)30-21)23(34)31-24-6-14(7-24)8-24;19-9-1-11(20)14(13(26)2-9)15-10-6-25(7-12(10)22-16(21)23-15)17(27)24-18-3-8(4-18)5-18;1-6-4-8-9(5-6)3-2-7/h4-5,9-10,14H,2-3,6-8,11-12H2,1H3,(H,31,34)(H2,27,29,30);1-2,8,26H,3-7H2,(H,24,27)(H2,21,22,23);4-5H,2-3H2,1H3. The molecule has 8 aliphatic rings. The van der Waals surface area contributed by atoms with Crippen molar-refractivity contribution >= 4 is 82.0 Å². The number of hydrogen-bond acceptors (Lipinski definition) is 12. The van der Waals surface area contributed by atoms with Gasteiger partial charge in [-0.05, 0) is 99.6 Å². The van der Waals surface area contributed by atoms with Gasteiger partial charge in [-0.2, -0.15) is 10.2 Å². The molecule has 14 rings (SSSR count). The molecule has 0 spiro atoms. The molecule has 23 heteroatoms. The van der Waals surface area contributed by atoms with Gasteiger partial charge in [-0.3, -0.25) is 9.36 Å². The van der Waals surface area contributed by atoms with Crippen LogP contribution in [0.15, 0.2) is 49.1 Å². The molecule has 6 aromatic rings. The Morgan fingerprint density at radius 2 is 1.15 bits per heavy atom. The third-order valence-electron chi connectivity index (χ3n) is 13.9. The summed E-state index contributed by atoms with van der Waals surface area (Å²) in [4.78, 5) is 46.6. The van der Waals surface area contributed by atoms with Gasteiger partial charge in [0.2, 0.25) is 11.9 Å². The minimum atomic E-state index is -0.109. The van der Waals surface area contributed by atoms with Crippen molar-refractivity contribution in [3.05, 3.63) is 103 Å². The van der Waals surface area contributed by atoms with E-state index in [1.807, 2.05) is 41.8 Å². The number of rotatable bonds is 10. The molecule has 7 N–H and O–H groups in total. The quantitative estimate of drug-likeness (QED) is 0.0810. The Balaban J connectivity index is 0.000000143. The fourth-order valence-corrected chi connectivity index (χ4v) is 11.6. The fourth-order valence-electron chi connectivity index (χ4n) is 10.3. The Kier molecular flexibility index (Phi) is 13.3. The molecule has 372 valence electrons. The zero-order chi connectivity index (χ0) is 49.9. The van der Waals surface area contributed by atoms with Crippen molar-refractivity contribution in [1.82, 2.24) is 59.9 Å². The molecule has 0 unspecified atom stereocenters. The topological polar surface area (TPSA) is 233 Å². The highest BCUT2D eigenvalue weighted by Gasteiger charge is 2.58. The number of aryl methyl sites for hydroxylation is 3. The van der Waals surface area contributed by atoms with E-state index in [1.54, 1.807) is 28.1 Å². The van der Waals surface area contributed by atoms with E-state index < -0.39 is 0 Å². The van der Waals surface area contributed by atoms with Crippen molar-refractivity contribution in [3.8, 4) is 34.0 Å². The summed E-state index contributed by atoms with van der Waals surface area (Å²) in [6.45, 7) is 7.09. The molecule has 4 aromatic heterocycles. The molecule has 4 bridgehead atoms. The molecule has 6 aliphatic carbocycles. The van der Waals surface area contributed by atoms with Crippen LogP contribution in [-0.4, -0.2) is 90.0 Å². The number of nitrogens with two attached hydrogens (primary N) is 2. The maximum absolute atomic E-state index is 13.0. The molecule has 0 atom stereocenters. The van der Waals surface area contributed by atoms with Crippen LogP contribution in [0.25, 0.3) is 22.5 Å². The monoisotopic (exact) mass is 1060 g/mol. The second-order valence-electron chi connectivity index (χ2n) is 19.4. The van der Waals surface area contributed by atoms with Crippen LogP contribution < -0.4 is 26.8 Å². The number of carbonyl (C=O) groups excluding carboxylic acids is 2. The summed E-state index contributed by atoms with van der Waals surface area (Å²) in [5, 5.41) is 26.5. The van der Waals surface area contributed by atoms with Crippen molar-refractivity contribution in [3.63, 3.8) is 0 Å². The van der Waals surface area contributed by atoms with Gasteiger partial charge in [0, 0.05) is 50.5 Å². The Hall–Kier alpha value is -5.79. The van der Waals surface area contributed by atoms with Crippen molar-refractivity contribution in [1.29, 1.82) is 0 Å². The first-order valence-electron chi connectivity index (χ1n) is 23.2. The summed E-state index contributed by atoms with van der Waals surface area (Å²) in [5.41, 5.74) is 19.0. The highest BCUT2D eigenvalue weighted by Crippen LogP contribution is 2.58. The molecule has 2 aliphatic heterocycles. The molecule has 0 saturated heterocycles. The number of benzene rings is 2. The van der Waals surface area contributed by atoms with E-state index in [0.717, 1.165) is 73.6 Å². The molecule has 6 saturated carbocycles. The summed E-state index contributed by atoms with van der Waals surface area (Å²) < 4.78 is 9.75. The third kappa shape index (κ3) is 10.1. The van der Waals surface area contributed by atoms with Crippen LogP contribution in [0, 0.1) is 25.7 Å². The number of aromatic hydroxyl groups is 1. The minimum absolute atomic E-state index is 0.00180. The summed E-state index contributed by atoms with van der Waals surface area (Å²) in [6.07, 6.45) is 14.0. The molecule has 6 fully saturated rings. The molecule has 71 heavy (non-hydrogen) atoms. The number of alkyl halides is 1. The largest absolute Gasteiger partial charge is 0.507 e. The number of fused-ring (bicyclic) bond motifs is 2. The van der Waals surface area contributed by atoms with Crippen LogP contribution in [0.3, 0.4) is 0 Å². The Bertz CT molecular complexity index is 3020. The van der Waals surface area contributed by atoms with Gasteiger partial charge in [0.15, 0.2) is 0 Å². The van der Waals surface area contributed by atoms with Crippen molar-refractivity contribution in [2.75, 3.05) is 24.0 Å². The van der Waals surface area contributed by atoms with Gasteiger partial charge in [0.25, 0.3) is 0 Å². The molecule has 0 radical (unpaired) electrons. The van der Waals surface area contributed by atoms with Gasteiger partial charge in [-0.25, -0.2) is 29.5 Å². The summed E-state index contributed by atoms with van der Waals surface area (Å²) in [5.74, 6) is 2.77. The van der Waals surface area contributed by atoms with Crippen molar-refractivity contribution < 1.29 is 19.4 Å². The van der Waals surface area contributed by atoms with Gasteiger partial charge in [-0.15, -0.1) is 11.6 Å². The summed E-state index contributed by atoms with van der Waals surface area (Å²) in [7, 11) is 0. The van der Waals surface area contributed by atoms with Gasteiger partial charge in [0.1, 0.15) is 18.1 Å². The van der Waals surface area contributed by atoms with Crippen LogP contribution >= 0.6 is 58.0 Å². The molecular formula is C48H51Cl5N14O4. The smallest absolute Gasteiger partial charge is 0.318 e. The number of nitrogens with one attached hydrogen (secondary N) is 2. The van der Waals surface area contributed by atoms with Crippen molar-refractivity contribution in [2.24, 2.45) is 11.8 Å². The number of nitrogen functional groups attached to an aromatic ring is 2. The number of ether oxygens (including phenoxy) is 1.